The lowest BCUT2D eigenvalue weighted by atomic mass is 10.1. The second-order valence-corrected chi connectivity index (χ2v) is 5.08. The van der Waals surface area contributed by atoms with Crippen molar-refractivity contribution in [2.24, 2.45) is 0 Å². The van der Waals surface area contributed by atoms with Crippen LogP contribution in [0.25, 0.3) is 16.5 Å². The predicted molar refractivity (Wildman–Crippen MR) is 82.5 cm³/mol. The zero-order chi connectivity index (χ0) is 14.8. The van der Waals surface area contributed by atoms with Crippen molar-refractivity contribution in [1.29, 1.82) is 0 Å². The number of aromatic nitrogens is 3. The largest absolute Gasteiger partial charge is 0.460 e. The lowest BCUT2D eigenvalue weighted by molar-refractivity contribution is 0.0512. The summed E-state index contributed by atoms with van der Waals surface area (Å²) in [5.41, 5.74) is 0.823. The minimum atomic E-state index is -0.530. The van der Waals surface area contributed by atoms with E-state index >= 15 is 0 Å². The number of esters is 1. The van der Waals surface area contributed by atoms with Crippen LogP contribution in [-0.2, 0) is 4.74 Å². The Labute approximate surface area is 129 Å². The fraction of sp³-hybridized carbons (Fsp3) is 0.133. The average Bonchev–Trinajstić information content (AvgIpc) is 2.89. The molecule has 0 saturated heterocycles. The molecule has 1 aromatic heterocycles. The molecule has 3 aromatic rings. The van der Waals surface area contributed by atoms with E-state index in [2.05, 4.69) is 26.0 Å². The van der Waals surface area contributed by atoms with Gasteiger partial charge in [0.15, 0.2) is 0 Å². The second-order valence-electron chi connectivity index (χ2n) is 4.37. The average molecular weight is 346 g/mol. The Morgan fingerprint density at radius 3 is 2.76 bits per heavy atom. The predicted octanol–water partition coefficient (Wildman–Crippen LogP) is 3.36. The number of carbonyl (C=O) groups excluding carboxylic acids is 1. The van der Waals surface area contributed by atoms with E-state index in [4.69, 9.17) is 4.74 Å². The fourth-order valence-electron chi connectivity index (χ4n) is 2.05. The van der Waals surface area contributed by atoms with Crippen LogP contribution in [0, 0.1) is 0 Å². The first kappa shape index (κ1) is 13.8. The quantitative estimate of drug-likeness (QED) is 0.683. The van der Waals surface area contributed by atoms with Crippen LogP contribution < -0.4 is 0 Å². The molecule has 0 unspecified atom stereocenters. The van der Waals surface area contributed by atoms with Gasteiger partial charge in [0.25, 0.3) is 5.82 Å². The maximum Gasteiger partial charge on any atom is 0.378 e. The van der Waals surface area contributed by atoms with Crippen molar-refractivity contribution in [3.05, 3.63) is 53.0 Å². The number of benzene rings is 2. The van der Waals surface area contributed by atoms with Gasteiger partial charge in [-0.1, -0.05) is 30.3 Å². The molecule has 0 bridgehead atoms. The Hall–Kier alpha value is -2.21. The highest BCUT2D eigenvalue weighted by Gasteiger charge is 2.17. The van der Waals surface area contributed by atoms with Crippen molar-refractivity contribution in [3.8, 4) is 5.69 Å². The van der Waals surface area contributed by atoms with Gasteiger partial charge in [0.1, 0.15) is 0 Å². The summed E-state index contributed by atoms with van der Waals surface area (Å²) in [6, 6.07) is 14.0. The van der Waals surface area contributed by atoms with E-state index in [1.165, 1.54) is 0 Å². The smallest absolute Gasteiger partial charge is 0.378 e. The van der Waals surface area contributed by atoms with Crippen molar-refractivity contribution in [1.82, 2.24) is 14.8 Å². The molecule has 0 aliphatic heterocycles. The van der Waals surface area contributed by atoms with Gasteiger partial charge in [0, 0.05) is 0 Å². The first-order valence-electron chi connectivity index (χ1n) is 6.48. The van der Waals surface area contributed by atoms with Crippen molar-refractivity contribution < 1.29 is 9.53 Å². The summed E-state index contributed by atoms with van der Waals surface area (Å²) >= 11 is 3.32. The van der Waals surface area contributed by atoms with Crippen LogP contribution >= 0.6 is 15.9 Å². The Morgan fingerprint density at radius 2 is 2.00 bits per heavy atom. The van der Waals surface area contributed by atoms with Gasteiger partial charge in [-0.25, -0.2) is 9.48 Å². The fourth-order valence-corrected chi connectivity index (χ4v) is 2.50. The number of ether oxygens (including phenoxy) is 1. The molecule has 5 nitrogen and oxygen atoms in total. The molecule has 3 rings (SSSR count). The SMILES string of the molecule is CCOC(=O)c1nc(Br)n(-c2ccc3ccccc3c2)n1. The molecule has 0 N–H and O–H groups in total. The highest BCUT2D eigenvalue weighted by Crippen LogP contribution is 2.21. The van der Waals surface area contributed by atoms with Crippen molar-refractivity contribution in [2.75, 3.05) is 6.61 Å². The summed E-state index contributed by atoms with van der Waals surface area (Å²) in [5.74, 6) is -0.491. The zero-order valence-electron chi connectivity index (χ0n) is 11.3. The minimum Gasteiger partial charge on any atom is -0.460 e. The van der Waals surface area contributed by atoms with Gasteiger partial charge in [0.05, 0.1) is 12.3 Å². The first-order valence-corrected chi connectivity index (χ1v) is 7.27. The molecule has 6 heteroatoms. The highest BCUT2D eigenvalue weighted by atomic mass is 79.9. The minimum absolute atomic E-state index is 0.0388. The van der Waals surface area contributed by atoms with Gasteiger partial charge in [-0.05, 0) is 45.8 Å². The van der Waals surface area contributed by atoms with Gasteiger partial charge in [-0.3, -0.25) is 0 Å². The van der Waals surface area contributed by atoms with Crippen LogP contribution in [0.1, 0.15) is 17.5 Å². The molecule has 0 fully saturated rings. The Bertz CT molecular complexity index is 814. The van der Waals surface area contributed by atoms with Gasteiger partial charge in [-0.2, -0.15) is 4.98 Å². The van der Waals surface area contributed by atoms with E-state index in [0.29, 0.717) is 11.3 Å². The lowest BCUT2D eigenvalue weighted by Gasteiger charge is -2.04. The Balaban J connectivity index is 2.04. The molecular formula is C15H12BrN3O2. The van der Waals surface area contributed by atoms with Crippen molar-refractivity contribution in [3.63, 3.8) is 0 Å². The number of halogens is 1. The third-order valence-electron chi connectivity index (χ3n) is 3.00. The van der Waals surface area contributed by atoms with Gasteiger partial charge >= 0.3 is 5.97 Å². The molecule has 0 amide bonds. The normalized spacial score (nSPS) is 10.8. The summed E-state index contributed by atoms with van der Waals surface area (Å²) in [7, 11) is 0. The molecule has 1 heterocycles. The van der Waals surface area contributed by atoms with Crippen molar-refractivity contribution >= 4 is 32.7 Å². The molecule has 0 aliphatic carbocycles. The zero-order valence-corrected chi connectivity index (χ0v) is 12.9. The first-order chi connectivity index (χ1) is 10.2. The van der Waals surface area contributed by atoms with E-state index in [-0.39, 0.29) is 5.82 Å². The summed E-state index contributed by atoms with van der Waals surface area (Å²) in [4.78, 5) is 15.8. The number of carbonyl (C=O) groups is 1. The van der Waals surface area contributed by atoms with Gasteiger partial charge in [-0.15, -0.1) is 5.10 Å². The van der Waals surface area contributed by atoms with E-state index in [9.17, 15) is 4.79 Å². The van der Waals surface area contributed by atoms with E-state index in [0.717, 1.165) is 16.5 Å². The number of hydrogen-bond donors (Lipinski definition) is 0. The summed E-state index contributed by atoms with van der Waals surface area (Å²) in [6.07, 6.45) is 0. The number of nitrogens with zero attached hydrogens (tertiary/aromatic N) is 3. The highest BCUT2D eigenvalue weighted by molar-refractivity contribution is 9.10. The van der Waals surface area contributed by atoms with Crippen LogP contribution in [-0.4, -0.2) is 27.3 Å². The van der Waals surface area contributed by atoms with Gasteiger partial charge in [0.2, 0.25) is 4.73 Å². The lowest BCUT2D eigenvalue weighted by Crippen LogP contribution is -2.07. The van der Waals surface area contributed by atoms with Crippen LogP contribution in [0.2, 0.25) is 0 Å². The Morgan fingerprint density at radius 1 is 1.24 bits per heavy atom. The van der Waals surface area contributed by atoms with Crippen LogP contribution in [0.3, 0.4) is 0 Å². The maximum absolute atomic E-state index is 11.7. The summed E-state index contributed by atoms with van der Waals surface area (Å²) in [5, 5.41) is 6.42. The molecule has 0 aliphatic rings. The summed E-state index contributed by atoms with van der Waals surface area (Å²) in [6.45, 7) is 2.04. The summed E-state index contributed by atoms with van der Waals surface area (Å²) < 4.78 is 6.93. The van der Waals surface area contributed by atoms with Crippen LogP contribution in [0.5, 0.6) is 0 Å². The molecular weight excluding hydrogens is 334 g/mol. The molecule has 2 aromatic carbocycles. The Kier molecular flexibility index (Phi) is 3.70. The van der Waals surface area contributed by atoms with Crippen LogP contribution in [0.15, 0.2) is 47.2 Å². The molecule has 0 radical (unpaired) electrons. The van der Waals surface area contributed by atoms with Crippen molar-refractivity contribution in [2.45, 2.75) is 6.92 Å². The molecule has 21 heavy (non-hydrogen) atoms. The third-order valence-corrected chi connectivity index (χ3v) is 3.52. The molecule has 0 spiro atoms. The number of fused-ring (bicyclic) bond motifs is 1. The standard InChI is InChI=1S/C15H12BrN3O2/c1-2-21-14(20)13-17-15(16)19(18-13)12-8-7-10-5-3-4-6-11(10)9-12/h3-9H,2H2,1H3. The van der Waals surface area contributed by atoms with E-state index in [1.807, 2.05) is 42.5 Å². The molecule has 106 valence electrons. The molecule has 0 saturated carbocycles. The maximum atomic E-state index is 11.7. The number of hydrogen-bond acceptors (Lipinski definition) is 4. The van der Waals surface area contributed by atoms with E-state index in [1.54, 1.807) is 11.6 Å². The second kappa shape index (κ2) is 5.65. The molecule has 0 atom stereocenters. The third kappa shape index (κ3) is 2.67. The topological polar surface area (TPSA) is 57.0 Å². The number of rotatable bonds is 3. The monoisotopic (exact) mass is 345 g/mol. The van der Waals surface area contributed by atoms with Crippen LogP contribution in [0.4, 0.5) is 0 Å². The van der Waals surface area contributed by atoms with Gasteiger partial charge < -0.3 is 4.74 Å². The van der Waals surface area contributed by atoms with E-state index < -0.39 is 5.97 Å².